The summed E-state index contributed by atoms with van der Waals surface area (Å²) in [4.78, 5) is 0. The van der Waals surface area contributed by atoms with Gasteiger partial charge in [-0.3, -0.25) is 0 Å². The van der Waals surface area contributed by atoms with Crippen LogP contribution in [0.5, 0.6) is 0 Å². The van der Waals surface area contributed by atoms with Gasteiger partial charge in [-0.25, -0.2) is 0 Å². The average molecular weight is 393 g/mol. The van der Waals surface area contributed by atoms with Gasteiger partial charge in [0.15, 0.2) is 0 Å². The van der Waals surface area contributed by atoms with E-state index in [0.29, 0.717) is 0 Å². The van der Waals surface area contributed by atoms with E-state index in [1.807, 2.05) is 0 Å². The number of rotatable bonds is 2. The van der Waals surface area contributed by atoms with Gasteiger partial charge >= 0.3 is 0 Å². The molecule has 1 aliphatic heterocycles. The fourth-order valence-corrected chi connectivity index (χ4v) is 17.0. The van der Waals surface area contributed by atoms with Crippen LogP contribution < -0.4 is 0 Å². The molecular formula is C27H40Si. The van der Waals surface area contributed by atoms with Crippen LogP contribution in [-0.4, -0.2) is 8.07 Å². The molecule has 0 bridgehead atoms. The minimum atomic E-state index is -1.30. The second-order valence-electron chi connectivity index (χ2n) is 11.5. The maximum absolute atomic E-state index is 2.64. The molecule has 8 unspecified atom stereocenters. The van der Waals surface area contributed by atoms with Crippen LogP contribution in [0, 0.1) is 35.5 Å². The minimum Gasteiger partial charge on any atom is -0.0696 e. The monoisotopic (exact) mass is 392 g/mol. The van der Waals surface area contributed by atoms with Crippen LogP contribution in [-0.2, 0) is 0 Å². The minimum absolute atomic E-state index is 0.854. The van der Waals surface area contributed by atoms with E-state index in [1.54, 1.807) is 34.4 Å². The quantitative estimate of drug-likeness (QED) is 0.418. The molecule has 28 heavy (non-hydrogen) atoms. The molecule has 1 heteroatoms. The lowest BCUT2D eigenvalue weighted by Gasteiger charge is -2.56. The average Bonchev–Trinajstić information content (AvgIpc) is 3.15. The van der Waals surface area contributed by atoms with Crippen molar-refractivity contribution in [3.8, 4) is 0 Å². The zero-order chi connectivity index (χ0) is 19.8. The van der Waals surface area contributed by atoms with E-state index in [2.05, 4.69) is 65.8 Å². The van der Waals surface area contributed by atoms with Crippen molar-refractivity contribution in [1.82, 2.24) is 0 Å². The fourth-order valence-electron chi connectivity index (χ4n) is 9.05. The van der Waals surface area contributed by atoms with Gasteiger partial charge in [0.05, 0.1) is 8.07 Å². The van der Waals surface area contributed by atoms with E-state index in [9.17, 15) is 0 Å². The smallest absolute Gasteiger partial charge is 0.0615 e. The van der Waals surface area contributed by atoms with Crippen molar-refractivity contribution in [2.24, 2.45) is 35.5 Å². The molecule has 0 aromatic carbocycles. The number of hydrogen-bond donors (Lipinski definition) is 0. The maximum atomic E-state index is 2.64. The summed E-state index contributed by atoms with van der Waals surface area (Å²) in [6.07, 6.45) is 14.3. The highest BCUT2D eigenvalue weighted by molar-refractivity contribution is 6.85. The molecule has 0 N–H and O–H groups in total. The van der Waals surface area contributed by atoms with Crippen LogP contribution in [0.3, 0.4) is 0 Å². The first-order valence-corrected chi connectivity index (χ1v) is 14.6. The van der Waals surface area contributed by atoms with E-state index >= 15 is 0 Å². The predicted molar refractivity (Wildman–Crippen MR) is 124 cm³/mol. The summed E-state index contributed by atoms with van der Waals surface area (Å²) in [5.74, 6) is 5.33. The molecule has 5 rings (SSSR count). The van der Waals surface area contributed by atoms with Gasteiger partial charge in [-0.1, -0.05) is 79.0 Å². The van der Waals surface area contributed by atoms with Gasteiger partial charge in [-0.05, 0) is 87.1 Å². The molecule has 0 spiro atoms. The fraction of sp³-hybridized carbons (Fsp3) is 0.704. The molecule has 0 nitrogen and oxygen atoms in total. The van der Waals surface area contributed by atoms with Gasteiger partial charge in [0.2, 0.25) is 0 Å². The Morgan fingerprint density at radius 1 is 0.643 bits per heavy atom. The van der Waals surface area contributed by atoms with Gasteiger partial charge in [-0.2, -0.15) is 0 Å². The van der Waals surface area contributed by atoms with Crippen molar-refractivity contribution in [3.05, 3.63) is 46.6 Å². The summed E-state index contributed by atoms with van der Waals surface area (Å²) in [6, 6.07) is 3.27. The predicted octanol–water partition coefficient (Wildman–Crippen LogP) is 7.94. The van der Waals surface area contributed by atoms with Crippen LogP contribution in [0.1, 0.15) is 60.8 Å². The molecule has 2 saturated carbocycles. The summed E-state index contributed by atoms with van der Waals surface area (Å²) < 4.78 is 0. The molecule has 0 aromatic heterocycles. The first-order valence-electron chi connectivity index (χ1n) is 12.0. The molecule has 0 radical (unpaired) electrons. The third-order valence-electron chi connectivity index (χ3n) is 10.2. The largest absolute Gasteiger partial charge is 0.0696 e. The summed E-state index contributed by atoms with van der Waals surface area (Å²) in [6.45, 7) is 15.0. The molecular weight excluding hydrogens is 352 g/mol. The topological polar surface area (TPSA) is 0 Å². The Kier molecular flexibility index (Phi) is 4.51. The Labute approximate surface area is 174 Å². The van der Waals surface area contributed by atoms with Crippen LogP contribution in [0.15, 0.2) is 46.6 Å². The van der Waals surface area contributed by atoms with Crippen LogP contribution in [0.25, 0.3) is 0 Å². The Hall–Kier alpha value is -0.823. The standard InChI is InChI=1S/C27H40Si/c1-16-8-10-18(3)24-22(16)14-20(5)26(24)28(12-7-13-28)27-21(6)15-23-17(2)9-11-19(4)25(23)27/h8-11,20-27H,7,12-15H2,1-6H3. The first-order chi connectivity index (χ1) is 13.3. The highest BCUT2D eigenvalue weighted by Crippen LogP contribution is 2.70. The second-order valence-corrected chi connectivity index (χ2v) is 16.3. The van der Waals surface area contributed by atoms with Crippen molar-refractivity contribution in [2.75, 3.05) is 0 Å². The van der Waals surface area contributed by atoms with E-state index < -0.39 is 8.07 Å². The maximum Gasteiger partial charge on any atom is 0.0615 e. The van der Waals surface area contributed by atoms with E-state index in [0.717, 1.165) is 46.6 Å². The molecule has 4 aliphatic carbocycles. The summed E-state index contributed by atoms with van der Waals surface area (Å²) >= 11 is 0. The van der Waals surface area contributed by atoms with Gasteiger partial charge in [0, 0.05) is 0 Å². The van der Waals surface area contributed by atoms with Crippen molar-refractivity contribution < 1.29 is 0 Å². The van der Waals surface area contributed by atoms with E-state index in [4.69, 9.17) is 0 Å². The Balaban J connectivity index is 1.57. The molecule has 1 saturated heterocycles. The number of allylic oxidation sites excluding steroid dienone is 8. The van der Waals surface area contributed by atoms with Gasteiger partial charge in [0.1, 0.15) is 0 Å². The number of fused-ring (bicyclic) bond motifs is 2. The zero-order valence-corrected chi connectivity index (χ0v) is 20.0. The third kappa shape index (κ3) is 2.47. The summed E-state index contributed by atoms with van der Waals surface area (Å²) in [5.41, 5.74) is 8.88. The highest BCUT2D eigenvalue weighted by atomic mass is 28.3. The van der Waals surface area contributed by atoms with E-state index in [-0.39, 0.29) is 0 Å². The van der Waals surface area contributed by atoms with Gasteiger partial charge in [0.25, 0.3) is 0 Å². The van der Waals surface area contributed by atoms with Crippen molar-refractivity contribution in [3.63, 3.8) is 0 Å². The van der Waals surface area contributed by atoms with Crippen LogP contribution >= 0.6 is 0 Å². The zero-order valence-electron chi connectivity index (χ0n) is 19.0. The summed E-state index contributed by atoms with van der Waals surface area (Å²) in [5, 5.41) is 0. The lowest BCUT2D eigenvalue weighted by molar-refractivity contribution is 0.437. The summed E-state index contributed by atoms with van der Waals surface area (Å²) in [7, 11) is -1.30. The third-order valence-corrected chi connectivity index (χ3v) is 17.3. The lowest BCUT2D eigenvalue weighted by Crippen LogP contribution is -2.56. The van der Waals surface area contributed by atoms with Gasteiger partial charge < -0.3 is 0 Å². The highest BCUT2D eigenvalue weighted by Gasteiger charge is 2.64. The van der Waals surface area contributed by atoms with Crippen molar-refractivity contribution in [2.45, 2.75) is 84.0 Å². The Morgan fingerprint density at radius 3 is 1.39 bits per heavy atom. The van der Waals surface area contributed by atoms with Crippen molar-refractivity contribution in [1.29, 1.82) is 0 Å². The lowest BCUT2D eigenvalue weighted by atomic mass is 9.80. The SMILES string of the molecule is CC1=CC=C(C)C2C1CC(C)C2[Si]1(C2C(C)CC3C(C)=CC=C(C)C32)CCC1. The number of hydrogen-bond acceptors (Lipinski definition) is 0. The van der Waals surface area contributed by atoms with Gasteiger partial charge in [-0.15, -0.1) is 0 Å². The molecule has 8 atom stereocenters. The van der Waals surface area contributed by atoms with Crippen LogP contribution in [0.2, 0.25) is 23.2 Å². The molecule has 152 valence electrons. The molecule has 0 amide bonds. The molecule has 0 aromatic rings. The first kappa shape index (κ1) is 19.2. The molecule has 5 aliphatic rings. The normalized spacial score (nSPS) is 46.6. The van der Waals surface area contributed by atoms with Crippen LogP contribution in [0.4, 0.5) is 0 Å². The van der Waals surface area contributed by atoms with E-state index in [1.165, 1.54) is 19.3 Å². The second kappa shape index (κ2) is 6.59. The Bertz CT molecular complexity index is 727. The Morgan fingerprint density at radius 2 is 1.04 bits per heavy atom. The molecule has 3 fully saturated rings. The molecule has 1 heterocycles. The van der Waals surface area contributed by atoms with Crippen molar-refractivity contribution >= 4 is 8.07 Å².